The smallest absolute Gasteiger partial charge is 0.0465 e. The van der Waals surface area contributed by atoms with Gasteiger partial charge in [-0.3, -0.25) is 11.3 Å². The van der Waals surface area contributed by atoms with Gasteiger partial charge in [0.1, 0.15) is 0 Å². The quantitative estimate of drug-likeness (QED) is 0.452. The normalized spacial score (nSPS) is 12.5. The highest BCUT2D eigenvalue weighted by atomic mass is 15.2. The average Bonchev–Trinajstić information content (AvgIpc) is 2.24. The van der Waals surface area contributed by atoms with Crippen LogP contribution in [0.1, 0.15) is 42.5 Å². The first-order valence-electron chi connectivity index (χ1n) is 5.73. The highest BCUT2D eigenvalue weighted by Gasteiger charge is 2.12. The monoisotopic (exact) mass is 218 g/mol. The van der Waals surface area contributed by atoms with Crippen LogP contribution in [0, 0.1) is 13.8 Å². The van der Waals surface area contributed by atoms with E-state index in [1.165, 1.54) is 22.3 Å². The maximum Gasteiger partial charge on any atom is 0.0465 e. The van der Waals surface area contributed by atoms with E-state index in [1.807, 2.05) is 0 Å². The topological polar surface area (TPSA) is 38.0 Å². The molecule has 0 radical (unpaired) electrons. The highest BCUT2D eigenvalue weighted by Crippen LogP contribution is 2.24. The van der Waals surface area contributed by atoms with E-state index >= 15 is 0 Å². The van der Waals surface area contributed by atoms with Gasteiger partial charge in [-0.25, -0.2) is 0 Å². The van der Waals surface area contributed by atoms with Crippen molar-refractivity contribution in [3.63, 3.8) is 0 Å². The van der Waals surface area contributed by atoms with Gasteiger partial charge in [0.15, 0.2) is 0 Å². The number of nitrogens with one attached hydrogen (secondary N) is 1. The Labute approximate surface area is 98.5 Å². The number of hydrazine groups is 1. The number of nitrogens with two attached hydrogens (primary N) is 1. The minimum atomic E-state index is 0.219. The summed E-state index contributed by atoms with van der Waals surface area (Å²) >= 11 is 0. The molecule has 3 N–H and O–H groups in total. The summed E-state index contributed by atoms with van der Waals surface area (Å²) in [5, 5.41) is 0. The van der Waals surface area contributed by atoms with E-state index in [0.717, 1.165) is 12.8 Å². The molecule has 16 heavy (non-hydrogen) atoms. The van der Waals surface area contributed by atoms with Crippen molar-refractivity contribution in [1.82, 2.24) is 5.43 Å². The molecule has 0 bridgehead atoms. The second kappa shape index (κ2) is 5.83. The van der Waals surface area contributed by atoms with Gasteiger partial charge < -0.3 is 0 Å². The molecule has 2 heteroatoms. The minimum Gasteiger partial charge on any atom is -0.271 e. The SMILES string of the molecule is C=C(C)CCC(NN)c1cccc(C)c1C. The van der Waals surface area contributed by atoms with Crippen molar-refractivity contribution < 1.29 is 0 Å². The van der Waals surface area contributed by atoms with Crippen molar-refractivity contribution in [2.24, 2.45) is 5.84 Å². The fourth-order valence-electron chi connectivity index (χ4n) is 1.87. The molecule has 0 fully saturated rings. The van der Waals surface area contributed by atoms with E-state index in [1.54, 1.807) is 0 Å². The van der Waals surface area contributed by atoms with Gasteiger partial charge in [-0.1, -0.05) is 23.8 Å². The van der Waals surface area contributed by atoms with Gasteiger partial charge in [0, 0.05) is 6.04 Å². The summed E-state index contributed by atoms with van der Waals surface area (Å²) in [7, 11) is 0. The summed E-state index contributed by atoms with van der Waals surface area (Å²) in [6.07, 6.45) is 2.00. The van der Waals surface area contributed by atoms with Gasteiger partial charge in [0.05, 0.1) is 0 Å². The van der Waals surface area contributed by atoms with Gasteiger partial charge in [-0.15, -0.1) is 6.58 Å². The molecule has 88 valence electrons. The van der Waals surface area contributed by atoms with Crippen LogP contribution in [-0.4, -0.2) is 0 Å². The molecule has 2 nitrogen and oxygen atoms in total. The van der Waals surface area contributed by atoms with E-state index in [4.69, 9.17) is 5.84 Å². The van der Waals surface area contributed by atoms with Crippen molar-refractivity contribution in [2.75, 3.05) is 0 Å². The van der Waals surface area contributed by atoms with E-state index in [2.05, 4.69) is 51.0 Å². The third-order valence-electron chi connectivity index (χ3n) is 3.08. The van der Waals surface area contributed by atoms with Crippen LogP contribution >= 0.6 is 0 Å². The minimum absolute atomic E-state index is 0.219. The summed E-state index contributed by atoms with van der Waals surface area (Å²) < 4.78 is 0. The molecule has 1 aromatic rings. The lowest BCUT2D eigenvalue weighted by Gasteiger charge is -2.19. The fraction of sp³-hybridized carbons (Fsp3) is 0.429. The zero-order valence-corrected chi connectivity index (χ0v) is 10.5. The molecular weight excluding hydrogens is 196 g/mol. The van der Waals surface area contributed by atoms with Crippen molar-refractivity contribution in [1.29, 1.82) is 0 Å². The first kappa shape index (κ1) is 12.9. The van der Waals surface area contributed by atoms with E-state index < -0.39 is 0 Å². The Balaban J connectivity index is 2.86. The van der Waals surface area contributed by atoms with Crippen LogP contribution in [0.5, 0.6) is 0 Å². The van der Waals surface area contributed by atoms with Crippen LogP contribution in [0.4, 0.5) is 0 Å². The molecule has 0 saturated carbocycles. The molecule has 1 atom stereocenters. The number of aryl methyl sites for hydroxylation is 1. The highest BCUT2D eigenvalue weighted by molar-refractivity contribution is 5.35. The van der Waals surface area contributed by atoms with Gasteiger partial charge in [0.25, 0.3) is 0 Å². The first-order valence-corrected chi connectivity index (χ1v) is 5.73. The number of rotatable bonds is 5. The van der Waals surface area contributed by atoms with Gasteiger partial charge in [-0.05, 0) is 50.3 Å². The molecule has 0 spiro atoms. The van der Waals surface area contributed by atoms with Crippen molar-refractivity contribution in [2.45, 2.75) is 39.7 Å². The maximum absolute atomic E-state index is 5.63. The molecule has 1 unspecified atom stereocenters. The second-order valence-corrected chi connectivity index (χ2v) is 4.50. The Bertz CT molecular complexity index is 369. The van der Waals surface area contributed by atoms with Crippen molar-refractivity contribution in [3.05, 3.63) is 47.0 Å². The number of hydrogen-bond donors (Lipinski definition) is 2. The molecule has 0 aliphatic rings. The van der Waals surface area contributed by atoms with Crippen LogP contribution in [0.3, 0.4) is 0 Å². The standard InChI is InChI=1S/C14H22N2/c1-10(2)8-9-14(16-15)13-7-5-6-11(3)12(13)4/h5-7,14,16H,1,8-9,15H2,2-4H3. The lowest BCUT2D eigenvalue weighted by atomic mass is 9.94. The van der Waals surface area contributed by atoms with Crippen LogP contribution in [0.25, 0.3) is 0 Å². The summed E-state index contributed by atoms with van der Waals surface area (Å²) in [6, 6.07) is 6.58. The molecule has 1 rings (SSSR count). The van der Waals surface area contributed by atoms with E-state index in [9.17, 15) is 0 Å². The number of hydrogen-bond acceptors (Lipinski definition) is 2. The molecule has 0 saturated heterocycles. The predicted molar refractivity (Wildman–Crippen MR) is 70.0 cm³/mol. The molecule has 0 amide bonds. The summed E-state index contributed by atoms with van der Waals surface area (Å²) in [5.74, 6) is 5.63. The van der Waals surface area contributed by atoms with Crippen LogP contribution < -0.4 is 11.3 Å². The maximum atomic E-state index is 5.63. The predicted octanol–water partition coefficient (Wildman–Crippen LogP) is 3.16. The Morgan fingerprint density at radius 2 is 2.12 bits per heavy atom. The number of benzene rings is 1. The largest absolute Gasteiger partial charge is 0.271 e. The third-order valence-corrected chi connectivity index (χ3v) is 3.08. The van der Waals surface area contributed by atoms with Crippen molar-refractivity contribution in [3.8, 4) is 0 Å². The van der Waals surface area contributed by atoms with Gasteiger partial charge in [0.2, 0.25) is 0 Å². The van der Waals surface area contributed by atoms with Crippen molar-refractivity contribution >= 4 is 0 Å². The molecule has 0 heterocycles. The Morgan fingerprint density at radius 3 is 2.69 bits per heavy atom. The zero-order chi connectivity index (χ0) is 12.1. The van der Waals surface area contributed by atoms with E-state index in [-0.39, 0.29) is 6.04 Å². The molecule has 0 aromatic heterocycles. The lowest BCUT2D eigenvalue weighted by Crippen LogP contribution is -2.28. The summed E-state index contributed by atoms with van der Waals surface area (Å²) in [4.78, 5) is 0. The third kappa shape index (κ3) is 3.19. The molecule has 0 aliphatic carbocycles. The number of allylic oxidation sites excluding steroid dienone is 1. The van der Waals surface area contributed by atoms with Gasteiger partial charge >= 0.3 is 0 Å². The molecule has 1 aromatic carbocycles. The van der Waals surface area contributed by atoms with Crippen LogP contribution in [0.2, 0.25) is 0 Å². The van der Waals surface area contributed by atoms with E-state index in [0.29, 0.717) is 0 Å². The Kier molecular flexibility index (Phi) is 4.71. The molecule has 0 aliphatic heterocycles. The summed E-state index contributed by atoms with van der Waals surface area (Å²) in [6.45, 7) is 10.3. The Hall–Kier alpha value is -1.12. The lowest BCUT2D eigenvalue weighted by molar-refractivity contribution is 0.513. The first-order chi connectivity index (χ1) is 7.56. The van der Waals surface area contributed by atoms with Crippen LogP contribution in [0.15, 0.2) is 30.4 Å². The average molecular weight is 218 g/mol. The summed E-state index contributed by atoms with van der Waals surface area (Å²) in [5.41, 5.74) is 8.03. The molecular formula is C14H22N2. The zero-order valence-electron chi connectivity index (χ0n) is 10.5. The van der Waals surface area contributed by atoms with Crippen LogP contribution in [-0.2, 0) is 0 Å². The fourth-order valence-corrected chi connectivity index (χ4v) is 1.87. The van der Waals surface area contributed by atoms with Gasteiger partial charge in [-0.2, -0.15) is 0 Å². The Morgan fingerprint density at radius 1 is 1.44 bits per heavy atom. The second-order valence-electron chi connectivity index (χ2n) is 4.50.